The van der Waals surface area contributed by atoms with Crippen LogP contribution in [-0.4, -0.2) is 34.0 Å². The number of aliphatic hydroxyl groups excluding tert-OH is 1. The summed E-state index contributed by atoms with van der Waals surface area (Å²) >= 11 is 0. The van der Waals surface area contributed by atoms with Crippen molar-refractivity contribution in [2.24, 2.45) is 0 Å². The first kappa shape index (κ1) is 12.4. The number of hydrogen-bond acceptors (Lipinski definition) is 3. The Bertz CT molecular complexity index is 532. The lowest BCUT2D eigenvalue weighted by atomic mass is 9.90. The van der Waals surface area contributed by atoms with Crippen LogP contribution in [0.3, 0.4) is 0 Å². The number of amides is 2. The Hall–Kier alpha value is -1.68. The number of benzene rings is 1. The average Bonchev–Trinajstić information content (AvgIpc) is 2.88. The minimum absolute atomic E-state index is 0.132. The highest BCUT2D eigenvalue weighted by Gasteiger charge is 2.47. The van der Waals surface area contributed by atoms with Crippen molar-refractivity contribution in [1.82, 2.24) is 4.90 Å². The van der Waals surface area contributed by atoms with Crippen molar-refractivity contribution < 1.29 is 14.7 Å². The normalized spacial score (nSPS) is 21.6. The Morgan fingerprint density at radius 2 is 1.84 bits per heavy atom. The molecule has 1 heterocycles. The standard InChI is InChI=1S/C15H17NO3/c17-10-15(7-3-4-8-15)16-13(18)9-11-5-1-2-6-12(11)14(16)19/h1-2,5-6,17H,3-4,7-10H2. The number of aliphatic hydroxyl groups is 1. The molecule has 1 aromatic rings. The smallest absolute Gasteiger partial charge is 0.261 e. The van der Waals surface area contributed by atoms with Crippen molar-refractivity contribution in [2.75, 3.05) is 6.61 Å². The molecule has 0 saturated heterocycles. The molecule has 1 N–H and O–H groups in total. The Morgan fingerprint density at radius 3 is 2.53 bits per heavy atom. The van der Waals surface area contributed by atoms with Crippen LogP contribution in [0, 0.1) is 0 Å². The maximum atomic E-state index is 12.6. The molecule has 4 nitrogen and oxygen atoms in total. The maximum Gasteiger partial charge on any atom is 0.261 e. The minimum Gasteiger partial charge on any atom is -0.394 e. The fourth-order valence-electron chi connectivity index (χ4n) is 3.32. The van der Waals surface area contributed by atoms with Crippen molar-refractivity contribution in [3.63, 3.8) is 0 Å². The second kappa shape index (κ2) is 4.46. The summed E-state index contributed by atoms with van der Waals surface area (Å²) in [5.74, 6) is -0.428. The van der Waals surface area contributed by atoms with Gasteiger partial charge in [0.05, 0.1) is 18.6 Å². The highest BCUT2D eigenvalue weighted by Crippen LogP contribution is 2.38. The monoisotopic (exact) mass is 259 g/mol. The van der Waals surface area contributed by atoms with Gasteiger partial charge in [0.1, 0.15) is 0 Å². The van der Waals surface area contributed by atoms with E-state index in [1.54, 1.807) is 6.07 Å². The molecule has 1 fully saturated rings. The average molecular weight is 259 g/mol. The van der Waals surface area contributed by atoms with Crippen LogP contribution in [0.1, 0.15) is 41.6 Å². The topological polar surface area (TPSA) is 57.6 Å². The van der Waals surface area contributed by atoms with Gasteiger partial charge in [-0.05, 0) is 24.5 Å². The highest BCUT2D eigenvalue weighted by atomic mass is 16.3. The molecule has 2 aliphatic rings. The second-order valence-electron chi connectivity index (χ2n) is 5.46. The third-order valence-corrected chi connectivity index (χ3v) is 4.34. The molecule has 0 unspecified atom stereocenters. The summed E-state index contributed by atoms with van der Waals surface area (Å²) in [6.07, 6.45) is 3.59. The molecule has 0 atom stereocenters. The molecule has 2 amide bonds. The van der Waals surface area contributed by atoms with Gasteiger partial charge in [-0.1, -0.05) is 31.0 Å². The van der Waals surface area contributed by atoms with Crippen molar-refractivity contribution >= 4 is 11.8 Å². The van der Waals surface area contributed by atoms with Gasteiger partial charge in [-0.15, -0.1) is 0 Å². The third-order valence-electron chi connectivity index (χ3n) is 4.34. The predicted molar refractivity (Wildman–Crippen MR) is 69.6 cm³/mol. The van der Waals surface area contributed by atoms with Crippen LogP contribution in [0.4, 0.5) is 0 Å². The van der Waals surface area contributed by atoms with Crippen LogP contribution < -0.4 is 0 Å². The van der Waals surface area contributed by atoms with Gasteiger partial charge in [0, 0.05) is 5.56 Å². The van der Waals surface area contributed by atoms with E-state index in [1.165, 1.54) is 4.90 Å². The van der Waals surface area contributed by atoms with E-state index in [-0.39, 0.29) is 24.8 Å². The summed E-state index contributed by atoms with van der Waals surface area (Å²) in [6.45, 7) is -0.132. The zero-order chi connectivity index (χ0) is 13.5. The van der Waals surface area contributed by atoms with Crippen LogP contribution in [0.5, 0.6) is 0 Å². The van der Waals surface area contributed by atoms with E-state index in [9.17, 15) is 14.7 Å². The molecule has 4 heteroatoms. The summed E-state index contributed by atoms with van der Waals surface area (Å²) in [5, 5.41) is 9.71. The van der Waals surface area contributed by atoms with E-state index in [0.29, 0.717) is 18.4 Å². The highest BCUT2D eigenvalue weighted by molar-refractivity contribution is 6.10. The van der Waals surface area contributed by atoms with E-state index < -0.39 is 5.54 Å². The third kappa shape index (κ3) is 1.78. The fraction of sp³-hybridized carbons (Fsp3) is 0.467. The SMILES string of the molecule is O=C1Cc2ccccc2C(=O)N1C1(CO)CCCC1. The van der Waals surface area contributed by atoms with Gasteiger partial charge >= 0.3 is 0 Å². The van der Waals surface area contributed by atoms with Gasteiger partial charge in [-0.3, -0.25) is 14.5 Å². The molecule has 1 aliphatic carbocycles. The van der Waals surface area contributed by atoms with Crippen molar-refractivity contribution in [1.29, 1.82) is 0 Å². The molecule has 3 rings (SSSR count). The largest absolute Gasteiger partial charge is 0.394 e. The number of imide groups is 1. The van der Waals surface area contributed by atoms with E-state index in [0.717, 1.165) is 18.4 Å². The van der Waals surface area contributed by atoms with Gasteiger partial charge in [0.15, 0.2) is 0 Å². The van der Waals surface area contributed by atoms with Gasteiger partial charge in [0.25, 0.3) is 5.91 Å². The lowest BCUT2D eigenvalue weighted by molar-refractivity contribution is -0.135. The molecular formula is C15H17NO3. The molecule has 0 spiro atoms. The van der Waals surface area contributed by atoms with Crippen LogP contribution in [0.2, 0.25) is 0 Å². The van der Waals surface area contributed by atoms with Crippen molar-refractivity contribution in [3.05, 3.63) is 35.4 Å². The summed E-state index contributed by atoms with van der Waals surface area (Å²) < 4.78 is 0. The Morgan fingerprint density at radius 1 is 1.16 bits per heavy atom. The molecule has 1 aliphatic heterocycles. The number of hydrogen-bond donors (Lipinski definition) is 1. The summed E-state index contributed by atoms with van der Waals surface area (Å²) in [5.41, 5.74) is 0.725. The maximum absolute atomic E-state index is 12.6. The molecule has 0 radical (unpaired) electrons. The summed E-state index contributed by atoms with van der Waals surface area (Å²) in [4.78, 5) is 26.2. The van der Waals surface area contributed by atoms with Crippen molar-refractivity contribution in [3.8, 4) is 0 Å². The van der Waals surface area contributed by atoms with Gasteiger partial charge in [-0.25, -0.2) is 0 Å². The molecule has 1 saturated carbocycles. The van der Waals surface area contributed by atoms with E-state index in [2.05, 4.69) is 0 Å². The number of nitrogens with zero attached hydrogens (tertiary/aromatic N) is 1. The lowest BCUT2D eigenvalue weighted by Crippen LogP contribution is -2.57. The van der Waals surface area contributed by atoms with E-state index in [1.807, 2.05) is 18.2 Å². The fourth-order valence-corrected chi connectivity index (χ4v) is 3.32. The zero-order valence-electron chi connectivity index (χ0n) is 10.8. The molecule has 1 aromatic carbocycles. The Balaban J connectivity index is 2.04. The Labute approximate surface area is 112 Å². The molecule has 0 aromatic heterocycles. The van der Waals surface area contributed by atoms with Crippen LogP contribution in [-0.2, 0) is 11.2 Å². The van der Waals surface area contributed by atoms with Crippen LogP contribution in [0.25, 0.3) is 0 Å². The quantitative estimate of drug-likeness (QED) is 0.819. The number of carbonyl (C=O) groups excluding carboxylic acids is 2. The molecule has 0 bridgehead atoms. The number of rotatable bonds is 2. The minimum atomic E-state index is -0.665. The van der Waals surface area contributed by atoms with Crippen molar-refractivity contribution in [2.45, 2.75) is 37.6 Å². The molecule has 19 heavy (non-hydrogen) atoms. The van der Waals surface area contributed by atoms with Gasteiger partial charge < -0.3 is 5.11 Å². The first-order valence-corrected chi connectivity index (χ1v) is 6.74. The number of carbonyl (C=O) groups is 2. The number of fused-ring (bicyclic) bond motifs is 1. The van der Waals surface area contributed by atoms with E-state index >= 15 is 0 Å². The molecular weight excluding hydrogens is 242 g/mol. The summed E-state index contributed by atoms with van der Waals surface area (Å²) in [6, 6.07) is 7.23. The first-order valence-electron chi connectivity index (χ1n) is 6.74. The molecule has 100 valence electrons. The van der Waals surface area contributed by atoms with E-state index in [4.69, 9.17) is 0 Å². The second-order valence-corrected chi connectivity index (χ2v) is 5.46. The summed E-state index contributed by atoms with van der Waals surface area (Å²) in [7, 11) is 0. The first-order chi connectivity index (χ1) is 9.18. The lowest BCUT2D eigenvalue weighted by Gasteiger charge is -2.41. The van der Waals surface area contributed by atoms with Gasteiger partial charge in [0.2, 0.25) is 5.91 Å². The Kier molecular flexibility index (Phi) is 2.90. The van der Waals surface area contributed by atoms with Crippen LogP contribution >= 0.6 is 0 Å². The van der Waals surface area contributed by atoms with Crippen LogP contribution in [0.15, 0.2) is 24.3 Å². The zero-order valence-corrected chi connectivity index (χ0v) is 10.8. The predicted octanol–water partition coefficient (Wildman–Crippen LogP) is 1.52. The van der Waals surface area contributed by atoms with Gasteiger partial charge in [-0.2, -0.15) is 0 Å².